The number of carboxylic acid groups (broad SMARTS) is 1. The largest absolute Gasteiger partial charge is 0.478 e. The van der Waals surface area contributed by atoms with Crippen molar-refractivity contribution < 1.29 is 18.3 Å². The van der Waals surface area contributed by atoms with E-state index < -0.39 is 36.5 Å². The number of carbonyl (C=O) groups is 1. The summed E-state index contributed by atoms with van der Waals surface area (Å²) in [6.45, 7) is 1.18. The molecule has 0 aliphatic heterocycles. The Kier molecular flexibility index (Phi) is 4.22. The maximum atomic E-state index is 11.9. The number of nitriles is 1. The van der Waals surface area contributed by atoms with Crippen LogP contribution in [-0.4, -0.2) is 24.7 Å². The van der Waals surface area contributed by atoms with Gasteiger partial charge >= 0.3 is 5.97 Å². The normalized spacial score (nSPS) is 12.8. The van der Waals surface area contributed by atoms with Gasteiger partial charge in [0.25, 0.3) is 0 Å². The topological polar surface area (TPSA) is 95.2 Å². The van der Waals surface area contributed by atoms with Gasteiger partial charge in [0, 0.05) is 0 Å². The molecular formula is C10H7Cl2NO4S. The lowest BCUT2D eigenvalue weighted by molar-refractivity contribution is 0.0697. The molecule has 0 heterocycles. The highest BCUT2D eigenvalue weighted by Gasteiger charge is 2.29. The standard InChI is InChI=1S/C10H7Cl2NO4S/c1-5(4-13)18(16,17)7-3-2-6(11)8(9(7)12)10(14)15/h2-3,5H,1H3,(H,14,15). The van der Waals surface area contributed by atoms with Crippen LogP contribution >= 0.6 is 23.2 Å². The predicted molar refractivity (Wildman–Crippen MR) is 65.7 cm³/mol. The van der Waals surface area contributed by atoms with E-state index in [1.54, 1.807) is 6.07 Å². The molecule has 0 aliphatic rings. The number of hydrogen-bond donors (Lipinski definition) is 1. The summed E-state index contributed by atoms with van der Waals surface area (Å²) < 4.78 is 23.9. The molecule has 1 aromatic rings. The first-order valence-corrected chi connectivity index (χ1v) is 6.88. The summed E-state index contributed by atoms with van der Waals surface area (Å²) in [7, 11) is -4.01. The molecule has 1 rings (SSSR count). The van der Waals surface area contributed by atoms with Crippen molar-refractivity contribution in [1.82, 2.24) is 0 Å². The lowest BCUT2D eigenvalue weighted by Gasteiger charge is -2.10. The number of rotatable bonds is 3. The van der Waals surface area contributed by atoms with Gasteiger partial charge in [-0.05, 0) is 19.1 Å². The zero-order valence-corrected chi connectivity index (χ0v) is 11.3. The fourth-order valence-electron chi connectivity index (χ4n) is 1.21. The fraction of sp³-hybridized carbons (Fsp3) is 0.200. The smallest absolute Gasteiger partial charge is 0.338 e. The van der Waals surface area contributed by atoms with Crippen LogP contribution in [0.2, 0.25) is 10.0 Å². The summed E-state index contributed by atoms with van der Waals surface area (Å²) in [4.78, 5) is 10.5. The minimum Gasteiger partial charge on any atom is -0.478 e. The molecule has 96 valence electrons. The van der Waals surface area contributed by atoms with E-state index in [0.29, 0.717) is 0 Å². The van der Waals surface area contributed by atoms with Gasteiger partial charge in [0.1, 0.15) is 5.25 Å². The molecule has 8 heteroatoms. The van der Waals surface area contributed by atoms with Crippen LogP contribution < -0.4 is 0 Å². The molecule has 0 saturated carbocycles. The molecule has 1 unspecified atom stereocenters. The summed E-state index contributed by atoms with van der Waals surface area (Å²) in [5.74, 6) is -1.44. The van der Waals surface area contributed by atoms with Gasteiger partial charge < -0.3 is 5.11 Å². The molecule has 0 fully saturated rings. The monoisotopic (exact) mass is 307 g/mol. The molecule has 5 nitrogen and oxygen atoms in total. The zero-order chi connectivity index (χ0) is 14.1. The second-order valence-corrected chi connectivity index (χ2v) is 6.38. The van der Waals surface area contributed by atoms with E-state index in [-0.39, 0.29) is 5.02 Å². The Morgan fingerprint density at radius 1 is 1.44 bits per heavy atom. The maximum absolute atomic E-state index is 11.9. The van der Waals surface area contributed by atoms with Gasteiger partial charge in [-0.25, -0.2) is 13.2 Å². The molecule has 1 N–H and O–H groups in total. The Morgan fingerprint density at radius 3 is 2.44 bits per heavy atom. The van der Waals surface area contributed by atoms with Crippen LogP contribution in [0.3, 0.4) is 0 Å². The Hall–Kier alpha value is -1.29. The summed E-state index contributed by atoms with van der Waals surface area (Å²) in [5.41, 5.74) is -0.496. The molecule has 18 heavy (non-hydrogen) atoms. The van der Waals surface area contributed by atoms with Crippen LogP contribution in [0.5, 0.6) is 0 Å². The number of hydrogen-bond acceptors (Lipinski definition) is 4. The Morgan fingerprint density at radius 2 is 2.00 bits per heavy atom. The number of nitrogens with zero attached hydrogens (tertiary/aromatic N) is 1. The predicted octanol–water partition coefficient (Wildman–Crippen LogP) is 2.38. The van der Waals surface area contributed by atoms with E-state index in [4.69, 9.17) is 33.6 Å². The molecule has 0 spiro atoms. The van der Waals surface area contributed by atoms with Gasteiger partial charge in [-0.1, -0.05) is 23.2 Å². The van der Waals surface area contributed by atoms with Gasteiger partial charge in [0.2, 0.25) is 0 Å². The molecule has 0 bridgehead atoms. The van der Waals surface area contributed by atoms with Crippen molar-refractivity contribution >= 4 is 39.0 Å². The summed E-state index contributed by atoms with van der Waals surface area (Å²) in [5, 5.41) is 15.6. The highest BCUT2D eigenvalue weighted by Crippen LogP contribution is 2.32. The third-order valence-corrected chi connectivity index (χ3v) is 5.03. The fourth-order valence-corrected chi connectivity index (χ4v) is 3.19. The van der Waals surface area contributed by atoms with E-state index in [1.807, 2.05) is 0 Å². The second-order valence-electron chi connectivity index (χ2n) is 3.36. The van der Waals surface area contributed by atoms with Crippen LogP contribution in [0, 0.1) is 11.3 Å². The maximum Gasteiger partial charge on any atom is 0.338 e. The van der Waals surface area contributed by atoms with Crippen LogP contribution in [0.25, 0.3) is 0 Å². The Bertz CT molecular complexity index is 649. The van der Waals surface area contributed by atoms with Crippen molar-refractivity contribution in [2.45, 2.75) is 17.1 Å². The SMILES string of the molecule is CC(C#N)S(=O)(=O)c1ccc(Cl)c(C(=O)O)c1Cl. The summed E-state index contributed by atoms with van der Waals surface area (Å²) in [6, 6.07) is 3.77. The van der Waals surface area contributed by atoms with E-state index in [1.165, 1.54) is 6.92 Å². The lowest BCUT2D eigenvalue weighted by Crippen LogP contribution is -2.17. The van der Waals surface area contributed by atoms with Crippen molar-refractivity contribution in [3.05, 3.63) is 27.7 Å². The van der Waals surface area contributed by atoms with E-state index >= 15 is 0 Å². The van der Waals surface area contributed by atoms with Crippen LogP contribution in [0.4, 0.5) is 0 Å². The molecule has 0 amide bonds. The molecule has 1 aromatic carbocycles. The zero-order valence-electron chi connectivity index (χ0n) is 9.02. The first-order valence-electron chi connectivity index (χ1n) is 4.58. The minimum absolute atomic E-state index is 0.170. The van der Waals surface area contributed by atoms with Gasteiger partial charge in [-0.15, -0.1) is 0 Å². The number of benzene rings is 1. The van der Waals surface area contributed by atoms with Crippen molar-refractivity contribution in [2.75, 3.05) is 0 Å². The molecule has 0 radical (unpaired) electrons. The molecular weight excluding hydrogens is 301 g/mol. The average molecular weight is 308 g/mol. The first kappa shape index (κ1) is 14.8. The van der Waals surface area contributed by atoms with Crippen molar-refractivity contribution in [2.24, 2.45) is 0 Å². The van der Waals surface area contributed by atoms with Crippen molar-refractivity contribution in [3.63, 3.8) is 0 Å². The van der Waals surface area contributed by atoms with Gasteiger partial charge in [-0.2, -0.15) is 5.26 Å². The van der Waals surface area contributed by atoms with Gasteiger partial charge in [0.05, 0.1) is 26.6 Å². The second kappa shape index (κ2) is 5.14. The molecule has 0 aromatic heterocycles. The lowest BCUT2D eigenvalue weighted by atomic mass is 10.2. The third-order valence-electron chi connectivity index (χ3n) is 2.22. The van der Waals surface area contributed by atoms with E-state index in [0.717, 1.165) is 12.1 Å². The third kappa shape index (κ3) is 2.43. The van der Waals surface area contributed by atoms with Gasteiger partial charge in [-0.3, -0.25) is 0 Å². The minimum atomic E-state index is -4.01. The Labute approximate surface area is 113 Å². The first-order chi connectivity index (χ1) is 8.23. The summed E-state index contributed by atoms with van der Waals surface area (Å²) >= 11 is 11.4. The quantitative estimate of drug-likeness (QED) is 0.925. The number of carboxylic acids is 1. The molecule has 0 saturated heterocycles. The highest BCUT2D eigenvalue weighted by atomic mass is 35.5. The van der Waals surface area contributed by atoms with Gasteiger partial charge in [0.15, 0.2) is 9.84 Å². The number of aromatic carboxylic acids is 1. The van der Waals surface area contributed by atoms with E-state index in [9.17, 15) is 13.2 Å². The van der Waals surface area contributed by atoms with Crippen molar-refractivity contribution in [1.29, 1.82) is 5.26 Å². The number of halogens is 2. The Balaban J connectivity index is 3.62. The van der Waals surface area contributed by atoms with E-state index in [2.05, 4.69) is 0 Å². The van der Waals surface area contributed by atoms with Crippen LogP contribution in [0.15, 0.2) is 17.0 Å². The van der Waals surface area contributed by atoms with Crippen LogP contribution in [-0.2, 0) is 9.84 Å². The average Bonchev–Trinajstić information content (AvgIpc) is 2.26. The molecule has 0 aliphatic carbocycles. The number of sulfone groups is 1. The molecule has 1 atom stereocenters. The highest BCUT2D eigenvalue weighted by molar-refractivity contribution is 7.92. The van der Waals surface area contributed by atoms with Crippen molar-refractivity contribution in [3.8, 4) is 6.07 Å². The van der Waals surface area contributed by atoms with Crippen LogP contribution in [0.1, 0.15) is 17.3 Å². The summed E-state index contributed by atoms with van der Waals surface area (Å²) in [6.07, 6.45) is 0.